The number of carbonyl (C=O) groups excluding carboxylic acids is 3. The fraction of sp³-hybridized carbons (Fsp3) is 0.588. The molecule has 0 aromatic carbocycles. The van der Waals surface area contributed by atoms with E-state index in [-0.39, 0.29) is 43.3 Å². The molecule has 8 nitrogen and oxygen atoms in total. The number of hydrogen-bond donors (Lipinski definition) is 2. The Morgan fingerprint density at radius 1 is 1.32 bits per heavy atom. The number of ether oxygens (including phenoxy) is 1. The Morgan fingerprint density at radius 2 is 2.04 bits per heavy atom. The van der Waals surface area contributed by atoms with Gasteiger partial charge < -0.3 is 24.7 Å². The second-order valence-electron chi connectivity index (χ2n) is 6.13. The Bertz CT molecular complexity index is 557. The first kappa shape index (κ1) is 20.5. The first-order valence-corrected chi connectivity index (χ1v) is 8.32. The molecule has 1 rings (SSSR count). The van der Waals surface area contributed by atoms with Gasteiger partial charge in [-0.15, -0.1) is 0 Å². The summed E-state index contributed by atoms with van der Waals surface area (Å²) in [5, 5.41) is 5.46. The molecule has 0 aliphatic carbocycles. The molecule has 0 aliphatic rings. The molecular weight excluding hydrogens is 326 g/mol. The van der Waals surface area contributed by atoms with Crippen LogP contribution in [0.15, 0.2) is 22.8 Å². The van der Waals surface area contributed by atoms with E-state index in [1.54, 1.807) is 19.1 Å². The van der Waals surface area contributed by atoms with E-state index in [2.05, 4.69) is 10.6 Å². The third kappa shape index (κ3) is 7.73. The van der Waals surface area contributed by atoms with E-state index in [0.717, 1.165) is 0 Å². The molecule has 1 aromatic rings. The average molecular weight is 353 g/mol. The van der Waals surface area contributed by atoms with Crippen molar-refractivity contribution >= 4 is 17.9 Å². The van der Waals surface area contributed by atoms with Crippen molar-refractivity contribution in [1.29, 1.82) is 0 Å². The average Bonchev–Trinajstić information content (AvgIpc) is 3.05. The van der Waals surface area contributed by atoms with Crippen LogP contribution in [0.1, 0.15) is 37.7 Å². The third-order valence-electron chi connectivity index (χ3n) is 3.36. The van der Waals surface area contributed by atoms with Crippen LogP contribution in [0.25, 0.3) is 0 Å². The van der Waals surface area contributed by atoms with Gasteiger partial charge in [0.1, 0.15) is 0 Å². The summed E-state index contributed by atoms with van der Waals surface area (Å²) in [4.78, 5) is 36.9. The molecular formula is C17H27N3O5. The summed E-state index contributed by atoms with van der Waals surface area (Å²) in [7, 11) is 1.52. The lowest BCUT2D eigenvalue weighted by atomic mass is 10.0. The number of hydrogen-bond acceptors (Lipinski definition) is 5. The summed E-state index contributed by atoms with van der Waals surface area (Å²) in [5.74, 6) is -0.172. The molecule has 1 heterocycles. The Hall–Kier alpha value is -2.51. The number of likely N-dealkylation sites (N-methyl/N-ethyl adjacent to an activating group) is 1. The van der Waals surface area contributed by atoms with Gasteiger partial charge in [-0.25, -0.2) is 4.79 Å². The number of carbonyl (C=O) groups is 3. The highest BCUT2D eigenvalue weighted by Gasteiger charge is 2.19. The lowest BCUT2D eigenvalue weighted by Gasteiger charge is -2.22. The number of nitrogens with zero attached hydrogens (tertiary/aromatic N) is 1. The Kier molecular flexibility index (Phi) is 8.52. The zero-order chi connectivity index (χ0) is 18.8. The summed E-state index contributed by atoms with van der Waals surface area (Å²) in [5.41, 5.74) is 0. The maximum absolute atomic E-state index is 12.0. The summed E-state index contributed by atoms with van der Waals surface area (Å²) in [6, 6.07) is 2.91. The van der Waals surface area contributed by atoms with Gasteiger partial charge in [0.05, 0.1) is 19.4 Å². The van der Waals surface area contributed by atoms with Gasteiger partial charge in [-0.2, -0.15) is 0 Å². The van der Waals surface area contributed by atoms with Gasteiger partial charge in [0.25, 0.3) is 5.91 Å². The van der Waals surface area contributed by atoms with Gasteiger partial charge in [-0.1, -0.05) is 13.8 Å². The fourth-order valence-corrected chi connectivity index (χ4v) is 2.27. The van der Waals surface area contributed by atoms with E-state index < -0.39 is 6.09 Å². The standard InChI is InChI=1S/C17H27N3O5/c1-5-24-17(23)19-13(9-12(2)3)10-18-15(21)11-20(4)16(22)14-7-6-8-25-14/h6-8,12-13H,5,9-11H2,1-4H3,(H,18,21)(H,19,23). The highest BCUT2D eigenvalue weighted by molar-refractivity contribution is 5.94. The maximum atomic E-state index is 12.0. The SMILES string of the molecule is CCOC(=O)NC(CNC(=O)CN(C)C(=O)c1ccco1)CC(C)C. The lowest BCUT2D eigenvalue weighted by Crippen LogP contribution is -2.47. The highest BCUT2D eigenvalue weighted by Crippen LogP contribution is 2.05. The van der Waals surface area contributed by atoms with Gasteiger partial charge in [-0.05, 0) is 31.4 Å². The normalized spacial score (nSPS) is 11.7. The molecule has 3 amide bonds. The summed E-state index contributed by atoms with van der Waals surface area (Å²) >= 11 is 0. The zero-order valence-corrected chi connectivity index (χ0v) is 15.2. The van der Waals surface area contributed by atoms with E-state index >= 15 is 0 Å². The molecule has 1 aromatic heterocycles. The number of rotatable bonds is 9. The van der Waals surface area contributed by atoms with E-state index in [0.29, 0.717) is 12.3 Å². The van der Waals surface area contributed by atoms with Crippen LogP contribution in [-0.2, 0) is 9.53 Å². The minimum Gasteiger partial charge on any atom is -0.459 e. The minimum absolute atomic E-state index is 0.104. The molecule has 1 unspecified atom stereocenters. The summed E-state index contributed by atoms with van der Waals surface area (Å²) in [6.45, 7) is 6.22. The van der Waals surface area contributed by atoms with Crippen LogP contribution < -0.4 is 10.6 Å². The predicted molar refractivity (Wildman–Crippen MR) is 92.1 cm³/mol. The molecule has 0 spiro atoms. The number of furan rings is 1. The van der Waals surface area contributed by atoms with Crippen molar-refractivity contribution in [2.24, 2.45) is 5.92 Å². The van der Waals surface area contributed by atoms with Crippen molar-refractivity contribution in [1.82, 2.24) is 15.5 Å². The quantitative estimate of drug-likeness (QED) is 0.703. The molecule has 0 aliphatic heterocycles. The van der Waals surface area contributed by atoms with Crippen molar-refractivity contribution in [2.75, 3.05) is 26.7 Å². The van der Waals surface area contributed by atoms with Gasteiger partial charge in [0.2, 0.25) is 5.91 Å². The second-order valence-corrected chi connectivity index (χ2v) is 6.13. The van der Waals surface area contributed by atoms with Crippen molar-refractivity contribution < 1.29 is 23.5 Å². The zero-order valence-electron chi connectivity index (χ0n) is 15.2. The van der Waals surface area contributed by atoms with Crippen LogP contribution in [0, 0.1) is 5.92 Å². The minimum atomic E-state index is -0.507. The van der Waals surface area contributed by atoms with Crippen LogP contribution in [0.3, 0.4) is 0 Å². The molecule has 0 bridgehead atoms. The Morgan fingerprint density at radius 3 is 2.60 bits per heavy atom. The van der Waals surface area contributed by atoms with E-state index in [4.69, 9.17) is 9.15 Å². The lowest BCUT2D eigenvalue weighted by molar-refractivity contribution is -0.121. The van der Waals surface area contributed by atoms with Gasteiger partial charge >= 0.3 is 6.09 Å². The van der Waals surface area contributed by atoms with Gasteiger partial charge in [0.15, 0.2) is 5.76 Å². The number of alkyl carbamates (subject to hydrolysis) is 1. The molecule has 0 saturated heterocycles. The topological polar surface area (TPSA) is 101 Å². The van der Waals surface area contributed by atoms with Crippen LogP contribution in [-0.4, -0.2) is 55.6 Å². The summed E-state index contributed by atoms with van der Waals surface area (Å²) < 4.78 is 9.89. The van der Waals surface area contributed by atoms with Gasteiger partial charge in [-0.3, -0.25) is 9.59 Å². The first-order valence-electron chi connectivity index (χ1n) is 8.32. The second kappa shape index (κ2) is 10.4. The molecule has 1 atom stereocenters. The fourth-order valence-electron chi connectivity index (χ4n) is 2.27. The smallest absolute Gasteiger partial charge is 0.407 e. The number of amides is 3. The molecule has 0 fully saturated rings. The van der Waals surface area contributed by atoms with Crippen LogP contribution >= 0.6 is 0 Å². The van der Waals surface area contributed by atoms with E-state index in [9.17, 15) is 14.4 Å². The molecule has 2 N–H and O–H groups in total. The van der Waals surface area contributed by atoms with Crippen molar-refractivity contribution in [2.45, 2.75) is 33.2 Å². The first-order chi connectivity index (χ1) is 11.8. The molecule has 8 heteroatoms. The van der Waals surface area contributed by atoms with Crippen LogP contribution in [0.4, 0.5) is 4.79 Å². The third-order valence-corrected chi connectivity index (χ3v) is 3.36. The molecule has 25 heavy (non-hydrogen) atoms. The van der Waals surface area contributed by atoms with Crippen LogP contribution in [0.5, 0.6) is 0 Å². The summed E-state index contributed by atoms with van der Waals surface area (Å²) in [6.07, 6.45) is 1.59. The number of nitrogens with one attached hydrogen (secondary N) is 2. The maximum Gasteiger partial charge on any atom is 0.407 e. The van der Waals surface area contributed by atoms with Crippen molar-refractivity contribution in [3.63, 3.8) is 0 Å². The van der Waals surface area contributed by atoms with E-state index in [1.807, 2.05) is 13.8 Å². The Balaban J connectivity index is 2.47. The molecule has 0 radical (unpaired) electrons. The van der Waals surface area contributed by atoms with E-state index in [1.165, 1.54) is 18.2 Å². The molecule has 140 valence electrons. The van der Waals surface area contributed by atoms with Crippen LogP contribution in [0.2, 0.25) is 0 Å². The van der Waals surface area contributed by atoms with Crippen molar-refractivity contribution in [3.8, 4) is 0 Å². The highest BCUT2D eigenvalue weighted by atomic mass is 16.5. The van der Waals surface area contributed by atoms with Crippen molar-refractivity contribution in [3.05, 3.63) is 24.2 Å². The molecule has 0 saturated carbocycles. The monoisotopic (exact) mass is 353 g/mol. The largest absolute Gasteiger partial charge is 0.459 e. The Labute approximate surface area is 147 Å². The van der Waals surface area contributed by atoms with Gasteiger partial charge in [0, 0.05) is 19.6 Å². The predicted octanol–water partition coefficient (Wildman–Crippen LogP) is 1.63.